The fourth-order valence-electron chi connectivity index (χ4n) is 4.71. The van der Waals surface area contributed by atoms with Gasteiger partial charge in [0.1, 0.15) is 6.04 Å². The van der Waals surface area contributed by atoms with Gasteiger partial charge in [0, 0.05) is 36.9 Å². The van der Waals surface area contributed by atoms with E-state index in [0.717, 1.165) is 27.6 Å². The zero-order valence-corrected chi connectivity index (χ0v) is 27.3. The molecule has 42 heavy (non-hydrogen) atoms. The number of benzene rings is 3. The summed E-state index contributed by atoms with van der Waals surface area (Å²) in [5, 5.41) is 3.03. The Kier molecular flexibility index (Phi) is 12.6. The smallest absolute Gasteiger partial charge is 0.243 e. The summed E-state index contributed by atoms with van der Waals surface area (Å²) in [4.78, 5) is 29.2. The van der Waals surface area contributed by atoms with Gasteiger partial charge in [-0.25, -0.2) is 8.42 Å². The van der Waals surface area contributed by atoms with Crippen LogP contribution in [0.15, 0.2) is 83.3 Å². The predicted molar refractivity (Wildman–Crippen MR) is 174 cm³/mol. The zero-order valence-electron chi connectivity index (χ0n) is 24.9. The van der Waals surface area contributed by atoms with Gasteiger partial charge in [-0.15, -0.1) is 0 Å². The lowest BCUT2D eigenvalue weighted by Crippen LogP contribution is -2.51. The van der Waals surface area contributed by atoms with Gasteiger partial charge in [-0.05, 0) is 59.7 Å². The largest absolute Gasteiger partial charge is 0.354 e. The number of carbonyl (C=O) groups is 2. The van der Waals surface area contributed by atoms with Gasteiger partial charge in [-0.1, -0.05) is 91.3 Å². The number of nitrogens with zero attached hydrogens (tertiary/aromatic N) is 2. The molecule has 0 heterocycles. The molecule has 2 amide bonds. The molecular formula is C33H42BrN3O4S. The quantitative estimate of drug-likeness (QED) is 0.219. The van der Waals surface area contributed by atoms with Crippen molar-refractivity contribution in [2.45, 2.75) is 59.0 Å². The summed E-state index contributed by atoms with van der Waals surface area (Å²) in [5.74, 6) is -0.149. The van der Waals surface area contributed by atoms with Crippen LogP contribution in [0.3, 0.4) is 0 Å². The number of sulfonamides is 1. The van der Waals surface area contributed by atoms with Crippen LogP contribution in [0.4, 0.5) is 5.69 Å². The van der Waals surface area contributed by atoms with Crippen molar-refractivity contribution in [2.24, 2.45) is 5.92 Å². The molecule has 0 bridgehead atoms. The van der Waals surface area contributed by atoms with Crippen LogP contribution >= 0.6 is 15.9 Å². The molecule has 3 rings (SSSR count). The number of anilines is 1. The van der Waals surface area contributed by atoms with E-state index in [1.807, 2.05) is 87.5 Å². The Labute approximate surface area is 259 Å². The Morgan fingerprint density at radius 2 is 1.57 bits per heavy atom. The van der Waals surface area contributed by atoms with E-state index in [2.05, 4.69) is 21.2 Å². The first-order chi connectivity index (χ1) is 20.0. The van der Waals surface area contributed by atoms with Gasteiger partial charge in [0.05, 0.1) is 11.9 Å². The third kappa shape index (κ3) is 10.3. The van der Waals surface area contributed by atoms with Gasteiger partial charge >= 0.3 is 0 Å². The summed E-state index contributed by atoms with van der Waals surface area (Å²) in [5.41, 5.74) is 3.53. The molecule has 1 N–H and O–H groups in total. The molecule has 0 unspecified atom stereocenters. The third-order valence-corrected chi connectivity index (χ3v) is 8.67. The maximum atomic E-state index is 13.9. The molecule has 3 aromatic carbocycles. The SMILES string of the molecule is CCc1ccc(N(CCCC(=O)N(Cc2cccc(Br)c2)[C@@H](Cc2ccccc2)C(=O)NCC(C)C)S(C)(=O)=O)cc1. The van der Waals surface area contributed by atoms with Crippen LogP contribution < -0.4 is 9.62 Å². The first kappa shape index (κ1) is 33.3. The molecule has 0 aliphatic carbocycles. The summed E-state index contributed by atoms with van der Waals surface area (Å²) in [6.45, 7) is 7.01. The maximum Gasteiger partial charge on any atom is 0.243 e. The number of halogens is 1. The number of nitrogens with one attached hydrogen (secondary N) is 1. The van der Waals surface area contributed by atoms with Crippen molar-refractivity contribution in [3.63, 3.8) is 0 Å². The van der Waals surface area contributed by atoms with Crippen LogP contribution in [-0.4, -0.2) is 50.5 Å². The highest BCUT2D eigenvalue weighted by Gasteiger charge is 2.30. The Morgan fingerprint density at radius 3 is 2.17 bits per heavy atom. The van der Waals surface area contributed by atoms with Crippen molar-refractivity contribution in [3.8, 4) is 0 Å². The molecule has 0 fully saturated rings. The van der Waals surface area contributed by atoms with Crippen molar-refractivity contribution in [1.82, 2.24) is 10.2 Å². The number of hydrogen-bond donors (Lipinski definition) is 1. The molecule has 0 saturated carbocycles. The molecule has 0 saturated heterocycles. The van der Waals surface area contributed by atoms with Crippen molar-refractivity contribution in [1.29, 1.82) is 0 Å². The van der Waals surface area contributed by atoms with Crippen molar-refractivity contribution in [3.05, 3.63) is 100 Å². The van der Waals surface area contributed by atoms with Crippen LogP contribution in [0.1, 0.15) is 50.3 Å². The van der Waals surface area contributed by atoms with Crippen LogP contribution in [-0.2, 0) is 39.0 Å². The van der Waals surface area contributed by atoms with Crippen LogP contribution in [0.25, 0.3) is 0 Å². The second-order valence-electron chi connectivity index (χ2n) is 11.0. The van der Waals surface area contributed by atoms with E-state index < -0.39 is 16.1 Å². The molecule has 7 nitrogen and oxygen atoms in total. The fourth-order valence-corrected chi connectivity index (χ4v) is 6.12. The number of carbonyl (C=O) groups excluding carboxylic acids is 2. The Hall–Kier alpha value is -3.17. The molecule has 0 radical (unpaired) electrons. The van der Waals surface area contributed by atoms with Crippen LogP contribution in [0, 0.1) is 5.92 Å². The molecule has 9 heteroatoms. The molecule has 0 aromatic heterocycles. The maximum absolute atomic E-state index is 13.9. The van der Waals surface area contributed by atoms with E-state index in [1.54, 1.807) is 17.0 Å². The lowest BCUT2D eigenvalue weighted by molar-refractivity contribution is -0.141. The summed E-state index contributed by atoms with van der Waals surface area (Å²) in [7, 11) is -3.56. The minimum Gasteiger partial charge on any atom is -0.354 e. The third-order valence-electron chi connectivity index (χ3n) is 6.98. The topological polar surface area (TPSA) is 86.8 Å². The van der Waals surface area contributed by atoms with Gasteiger partial charge in [0.15, 0.2) is 0 Å². The number of aryl methyl sites for hydroxylation is 1. The highest BCUT2D eigenvalue weighted by molar-refractivity contribution is 9.10. The standard InChI is InChI=1S/C33H42BrN3O4S/c1-5-26-16-18-30(19-17-26)37(42(4,40)41)20-10-15-32(38)36(24-28-13-9-14-29(34)21-28)31(33(39)35-23-25(2)3)22-27-11-7-6-8-12-27/h6-9,11-14,16-19,21,25,31H,5,10,15,20,22-24H2,1-4H3,(H,35,39)/t31-/m0/s1. The minimum absolute atomic E-state index is 0.0931. The van der Waals surface area contributed by atoms with E-state index in [0.29, 0.717) is 25.1 Å². The van der Waals surface area contributed by atoms with E-state index in [4.69, 9.17) is 0 Å². The molecular weight excluding hydrogens is 614 g/mol. The minimum atomic E-state index is -3.56. The average Bonchev–Trinajstić information content (AvgIpc) is 2.95. The van der Waals surface area contributed by atoms with Gasteiger partial charge in [0.2, 0.25) is 21.8 Å². The zero-order chi connectivity index (χ0) is 30.7. The number of hydrogen-bond acceptors (Lipinski definition) is 4. The normalized spacial score (nSPS) is 12.1. The molecule has 0 spiro atoms. The summed E-state index contributed by atoms with van der Waals surface area (Å²) >= 11 is 3.51. The summed E-state index contributed by atoms with van der Waals surface area (Å²) in [6.07, 6.45) is 2.80. The number of rotatable bonds is 15. The van der Waals surface area contributed by atoms with Gasteiger partial charge in [0.25, 0.3) is 0 Å². The van der Waals surface area contributed by atoms with E-state index in [9.17, 15) is 18.0 Å². The first-order valence-corrected chi connectivity index (χ1v) is 17.0. The monoisotopic (exact) mass is 655 g/mol. The van der Waals surface area contributed by atoms with E-state index >= 15 is 0 Å². The van der Waals surface area contributed by atoms with Crippen molar-refractivity contribution < 1.29 is 18.0 Å². The average molecular weight is 657 g/mol. The van der Waals surface area contributed by atoms with Gasteiger partial charge < -0.3 is 10.2 Å². The molecule has 0 aliphatic rings. The Balaban J connectivity index is 1.87. The highest BCUT2D eigenvalue weighted by Crippen LogP contribution is 2.22. The lowest BCUT2D eigenvalue weighted by atomic mass is 10.0. The summed E-state index contributed by atoms with van der Waals surface area (Å²) < 4.78 is 27.6. The lowest BCUT2D eigenvalue weighted by Gasteiger charge is -2.32. The Bertz CT molecular complexity index is 1410. The number of amides is 2. The summed E-state index contributed by atoms with van der Waals surface area (Å²) in [6, 6.07) is 24.1. The van der Waals surface area contributed by atoms with Crippen molar-refractivity contribution >= 4 is 43.5 Å². The molecule has 1 atom stereocenters. The second-order valence-corrected chi connectivity index (χ2v) is 13.8. The van der Waals surface area contributed by atoms with Crippen molar-refractivity contribution in [2.75, 3.05) is 23.7 Å². The van der Waals surface area contributed by atoms with E-state index in [1.165, 1.54) is 10.6 Å². The van der Waals surface area contributed by atoms with Gasteiger partial charge in [-0.2, -0.15) is 0 Å². The Morgan fingerprint density at radius 1 is 0.905 bits per heavy atom. The fraction of sp³-hybridized carbons (Fsp3) is 0.394. The molecule has 0 aliphatic heterocycles. The molecule has 3 aromatic rings. The first-order valence-electron chi connectivity index (χ1n) is 14.4. The van der Waals surface area contributed by atoms with Crippen LogP contribution in [0.5, 0.6) is 0 Å². The second kappa shape index (κ2) is 15.9. The van der Waals surface area contributed by atoms with Crippen LogP contribution in [0.2, 0.25) is 0 Å². The predicted octanol–water partition coefficient (Wildman–Crippen LogP) is 5.97. The van der Waals surface area contributed by atoms with Gasteiger partial charge in [-0.3, -0.25) is 13.9 Å². The molecule has 226 valence electrons. The van der Waals surface area contributed by atoms with E-state index in [-0.39, 0.29) is 37.2 Å². The highest BCUT2D eigenvalue weighted by atomic mass is 79.9.